The van der Waals surface area contributed by atoms with Crippen LogP contribution in [0.25, 0.3) is 0 Å². The van der Waals surface area contributed by atoms with Crippen molar-refractivity contribution in [3.63, 3.8) is 0 Å². The highest BCUT2D eigenvalue weighted by molar-refractivity contribution is 5.23. The molecule has 1 saturated heterocycles. The molecule has 2 heterocycles. The second-order valence-electron chi connectivity index (χ2n) is 3.34. The lowest BCUT2D eigenvalue weighted by molar-refractivity contribution is 0.136. The van der Waals surface area contributed by atoms with Gasteiger partial charge in [0.1, 0.15) is 6.10 Å². The number of nitrogens with zero attached hydrogens (tertiary/aromatic N) is 2. The van der Waals surface area contributed by atoms with Crippen molar-refractivity contribution in [1.82, 2.24) is 9.97 Å². The van der Waals surface area contributed by atoms with E-state index >= 15 is 0 Å². The summed E-state index contributed by atoms with van der Waals surface area (Å²) < 4.78 is 20.8. The van der Waals surface area contributed by atoms with Gasteiger partial charge in [0.25, 0.3) is 0 Å². The van der Waals surface area contributed by atoms with Crippen LogP contribution in [-0.4, -0.2) is 43.5 Å². The summed E-state index contributed by atoms with van der Waals surface area (Å²) >= 11 is 0. The van der Waals surface area contributed by atoms with Crippen molar-refractivity contribution in [2.24, 2.45) is 0 Å². The number of rotatable bonds is 4. The number of methoxy groups -OCH3 is 2. The number of hydrogen-bond donors (Lipinski definition) is 0. The van der Waals surface area contributed by atoms with Crippen molar-refractivity contribution in [3.8, 4) is 17.8 Å². The second kappa shape index (κ2) is 4.98. The summed E-state index contributed by atoms with van der Waals surface area (Å²) in [6.45, 7) is 1.32. The molecule has 0 aliphatic carbocycles. The van der Waals surface area contributed by atoms with Crippen LogP contribution in [0, 0.1) is 0 Å². The second-order valence-corrected chi connectivity index (χ2v) is 3.34. The lowest BCUT2D eigenvalue weighted by Crippen LogP contribution is -2.16. The van der Waals surface area contributed by atoms with Gasteiger partial charge >= 0.3 is 6.01 Å². The molecule has 6 nitrogen and oxygen atoms in total. The van der Waals surface area contributed by atoms with Crippen LogP contribution in [0.3, 0.4) is 0 Å². The Morgan fingerprint density at radius 2 is 2.06 bits per heavy atom. The number of ether oxygens (including phenoxy) is 4. The van der Waals surface area contributed by atoms with E-state index in [0.717, 1.165) is 13.0 Å². The zero-order valence-electron chi connectivity index (χ0n) is 9.30. The Hall–Kier alpha value is -1.56. The molecule has 16 heavy (non-hydrogen) atoms. The summed E-state index contributed by atoms with van der Waals surface area (Å²) in [5.41, 5.74) is 0. The first kappa shape index (κ1) is 10.9. The molecule has 1 aliphatic rings. The molecular weight excluding hydrogens is 212 g/mol. The van der Waals surface area contributed by atoms with Gasteiger partial charge in [-0.25, -0.2) is 0 Å². The van der Waals surface area contributed by atoms with Gasteiger partial charge in [0.15, 0.2) is 0 Å². The van der Waals surface area contributed by atoms with Crippen molar-refractivity contribution in [2.75, 3.05) is 27.4 Å². The highest BCUT2D eigenvalue weighted by Crippen LogP contribution is 2.21. The molecule has 0 saturated carbocycles. The summed E-state index contributed by atoms with van der Waals surface area (Å²) in [5, 5.41) is 0. The monoisotopic (exact) mass is 226 g/mol. The van der Waals surface area contributed by atoms with Crippen molar-refractivity contribution in [1.29, 1.82) is 0 Å². The predicted octanol–water partition coefficient (Wildman–Crippen LogP) is 0.661. The van der Waals surface area contributed by atoms with Gasteiger partial charge in [0, 0.05) is 6.42 Å². The minimum atomic E-state index is 0.0457. The topological polar surface area (TPSA) is 62.7 Å². The maximum atomic E-state index is 5.62. The SMILES string of the molecule is COc1cc(O[C@@H]2CCOC2)nc(OC)n1. The molecule has 88 valence electrons. The molecule has 1 aliphatic heterocycles. The fourth-order valence-electron chi connectivity index (χ4n) is 1.42. The maximum absolute atomic E-state index is 5.62. The molecule has 0 aromatic carbocycles. The third kappa shape index (κ3) is 2.52. The maximum Gasteiger partial charge on any atom is 0.322 e. The first-order chi connectivity index (χ1) is 7.81. The Balaban J connectivity index is 2.12. The van der Waals surface area contributed by atoms with E-state index in [9.17, 15) is 0 Å². The normalized spacial score (nSPS) is 19.5. The summed E-state index contributed by atoms with van der Waals surface area (Å²) in [7, 11) is 3.03. The molecule has 0 radical (unpaired) electrons. The molecule has 0 N–H and O–H groups in total. The quantitative estimate of drug-likeness (QED) is 0.751. The van der Waals surface area contributed by atoms with E-state index < -0.39 is 0 Å². The smallest absolute Gasteiger partial charge is 0.322 e. The lowest BCUT2D eigenvalue weighted by Gasteiger charge is -2.11. The van der Waals surface area contributed by atoms with Gasteiger partial charge < -0.3 is 18.9 Å². The standard InChI is InChI=1S/C10H14N2O4/c1-13-8-5-9(12-10(11-8)14-2)16-7-3-4-15-6-7/h5,7H,3-4,6H2,1-2H3/t7-/m1/s1. The molecule has 0 unspecified atom stereocenters. The molecule has 0 spiro atoms. The van der Waals surface area contributed by atoms with E-state index in [0.29, 0.717) is 18.4 Å². The molecule has 6 heteroatoms. The van der Waals surface area contributed by atoms with E-state index in [2.05, 4.69) is 9.97 Å². The minimum Gasteiger partial charge on any atom is -0.481 e. The molecule has 0 amide bonds. The summed E-state index contributed by atoms with van der Waals surface area (Å²) in [5.74, 6) is 0.861. The van der Waals surface area contributed by atoms with Gasteiger partial charge in [-0.05, 0) is 0 Å². The highest BCUT2D eigenvalue weighted by Gasteiger charge is 2.18. The van der Waals surface area contributed by atoms with Crippen molar-refractivity contribution in [2.45, 2.75) is 12.5 Å². The molecule has 1 aromatic rings. The summed E-state index contributed by atoms with van der Waals surface area (Å²) in [6.07, 6.45) is 0.915. The Morgan fingerprint density at radius 3 is 2.69 bits per heavy atom. The number of hydrogen-bond acceptors (Lipinski definition) is 6. The van der Waals surface area contributed by atoms with E-state index in [-0.39, 0.29) is 12.1 Å². The van der Waals surface area contributed by atoms with Gasteiger partial charge in [-0.2, -0.15) is 9.97 Å². The summed E-state index contributed by atoms with van der Waals surface area (Å²) in [4.78, 5) is 8.05. The summed E-state index contributed by atoms with van der Waals surface area (Å²) in [6, 6.07) is 1.86. The molecule has 0 bridgehead atoms. The van der Waals surface area contributed by atoms with E-state index in [1.807, 2.05) is 0 Å². The molecule has 1 aromatic heterocycles. The van der Waals surface area contributed by atoms with Gasteiger partial charge in [0.2, 0.25) is 11.8 Å². The molecule has 1 atom stereocenters. The van der Waals surface area contributed by atoms with Gasteiger partial charge in [0.05, 0.1) is 33.5 Å². The van der Waals surface area contributed by atoms with Crippen molar-refractivity contribution < 1.29 is 18.9 Å². The fourth-order valence-corrected chi connectivity index (χ4v) is 1.42. The molecular formula is C10H14N2O4. The predicted molar refractivity (Wildman–Crippen MR) is 55.0 cm³/mol. The van der Waals surface area contributed by atoms with Crippen LogP contribution in [0.4, 0.5) is 0 Å². The van der Waals surface area contributed by atoms with Crippen molar-refractivity contribution >= 4 is 0 Å². The van der Waals surface area contributed by atoms with Crippen LogP contribution in [-0.2, 0) is 4.74 Å². The third-order valence-electron chi connectivity index (χ3n) is 2.23. The van der Waals surface area contributed by atoms with E-state index in [4.69, 9.17) is 18.9 Å². The van der Waals surface area contributed by atoms with Crippen molar-refractivity contribution in [3.05, 3.63) is 6.07 Å². The average Bonchev–Trinajstić information content (AvgIpc) is 2.81. The van der Waals surface area contributed by atoms with Crippen LogP contribution in [0.15, 0.2) is 6.07 Å². The molecule has 1 fully saturated rings. The Bertz CT molecular complexity index is 330. The van der Waals surface area contributed by atoms with Crippen LogP contribution >= 0.6 is 0 Å². The number of aromatic nitrogens is 2. The van der Waals surface area contributed by atoms with Gasteiger partial charge in [-0.3, -0.25) is 0 Å². The Morgan fingerprint density at radius 1 is 1.25 bits per heavy atom. The zero-order chi connectivity index (χ0) is 11.4. The van der Waals surface area contributed by atoms with E-state index in [1.165, 1.54) is 14.2 Å². The lowest BCUT2D eigenvalue weighted by atomic mass is 10.3. The largest absolute Gasteiger partial charge is 0.481 e. The first-order valence-corrected chi connectivity index (χ1v) is 5.03. The van der Waals surface area contributed by atoms with Crippen LogP contribution in [0.2, 0.25) is 0 Å². The molecule has 2 rings (SSSR count). The van der Waals surface area contributed by atoms with E-state index in [1.54, 1.807) is 6.07 Å². The first-order valence-electron chi connectivity index (χ1n) is 5.03. The van der Waals surface area contributed by atoms with Gasteiger partial charge in [-0.15, -0.1) is 0 Å². The third-order valence-corrected chi connectivity index (χ3v) is 2.23. The zero-order valence-corrected chi connectivity index (χ0v) is 9.30. The fraction of sp³-hybridized carbons (Fsp3) is 0.600. The Kier molecular flexibility index (Phi) is 3.40. The van der Waals surface area contributed by atoms with Crippen LogP contribution < -0.4 is 14.2 Å². The Labute approximate surface area is 93.5 Å². The van der Waals surface area contributed by atoms with Crippen LogP contribution in [0.5, 0.6) is 17.8 Å². The average molecular weight is 226 g/mol. The van der Waals surface area contributed by atoms with Crippen LogP contribution in [0.1, 0.15) is 6.42 Å². The minimum absolute atomic E-state index is 0.0457. The van der Waals surface area contributed by atoms with Gasteiger partial charge in [-0.1, -0.05) is 0 Å². The highest BCUT2D eigenvalue weighted by atomic mass is 16.6.